The van der Waals surface area contributed by atoms with Crippen LogP contribution in [0, 0.1) is 6.92 Å². The summed E-state index contributed by atoms with van der Waals surface area (Å²) in [7, 11) is 0. The van der Waals surface area contributed by atoms with Crippen molar-refractivity contribution in [1.29, 1.82) is 0 Å². The van der Waals surface area contributed by atoms with Crippen molar-refractivity contribution in [3.8, 4) is 0 Å². The molecule has 0 spiro atoms. The Morgan fingerprint density at radius 3 is 2.89 bits per heavy atom. The number of carboxylic acids is 1. The van der Waals surface area contributed by atoms with E-state index in [1.54, 1.807) is 12.3 Å². The van der Waals surface area contributed by atoms with Gasteiger partial charge in [0.25, 0.3) is 0 Å². The third-order valence-corrected chi connectivity index (χ3v) is 3.11. The first-order valence-electron chi connectivity index (χ1n) is 6.44. The highest BCUT2D eigenvalue weighted by Gasteiger charge is 2.12. The molecule has 0 unspecified atom stereocenters. The fraction of sp³-hybridized carbons (Fsp3) is 0.333. The lowest BCUT2D eigenvalue weighted by atomic mass is 10.0. The summed E-state index contributed by atoms with van der Waals surface area (Å²) in [5, 5.41) is 9.23. The van der Waals surface area contributed by atoms with E-state index in [1.807, 2.05) is 25.3 Å². The minimum Gasteiger partial charge on any atom is -0.478 e. The van der Waals surface area contributed by atoms with Crippen molar-refractivity contribution in [2.45, 2.75) is 33.2 Å². The van der Waals surface area contributed by atoms with Crippen LogP contribution in [0.2, 0.25) is 0 Å². The molecule has 1 heterocycles. The van der Waals surface area contributed by atoms with Gasteiger partial charge in [0.15, 0.2) is 0 Å². The van der Waals surface area contributed by atoms with Gasteiger partial charge in [-0.2, -0.15) is 0 Å². The van der Waals surface area contributed by atoms with Crippen molar-refractivity contribution in [3.05, 3.63) is 53.1 Å². The third-order valence-electron chi connectivity index (χ3n) is 3.11. The van der Waals surface area contributed by atoms with E-state index < -0.39 is 5.97 Å². The number of aromatic carboxylic acids is 1. The van der Waals surface area contributed by atoms with Crippen LogP contribution in [0.25, 0.3) is 0 Å². The number of benzene rings is 1. The van der Waals surface area contributed by atoms with Crippen LogP contribution in [0.15, 0.2) is 30.6 Å². The van der Waals surface area contributed by atoms with Gasteiger partial charge in [0, 0.05) is 25.4 Å². The largest absolute Gasteiger partial charge is 0.478 e. The van der Waals surface area contributed by atoms with E-state index in [9.17, 15) is 9.90 Å². The van der Waals surface area contributed by atoms with Crippen molar-refractivity contribution in [3.63, 3.8) is 0 Å². The van der Waals surface area contributed by atoms with E-state index in [-0.39, 0.29) is 0 Å². The number of carbonyl (C=O) groups is 1. The lowest BCUT2D eigenvalue weighted by Crippen LogP contribution is -2.08. The molecule has 4 nitrogen and oxygen atoms in total. The maximum Gasteiger partial charge on any atom is 0.335 e. The molecule has 2 aromatic rings. The molecule has 1 aromatic carbocycles. The average molecular weight is 258 g/mol. The summed E-state index contributed by atoms with van der Waals surface area (Å²) >= 11 is 0. The zero-order valence-electron chi connectivity index (χ0n) is 11.3. The van der Waals surface area contributed by atoms with Crippen LogP contribution in [0.4, 0.5) is 0 Å². The van der Waals surface area contributed by atoms with Gasteiger partial charge in [0.2, 0.25) is 0 Å². The van der Waals surface area contributed by atoms with Gasteiger partial charge in [0.05, 0.1) is 5.56 Å². The van der Waals surface area contributed by atoms with Crippen LogP contribution in [0.3, 0.4) is 0 Å². The van der Waals surface area contributed by atoms with E-state index in [4.69, 9.17) is 0 Å². The fourth-order valence-corrected chi connectivity index (χ4v) is 2.20. The van der Waals surface area contributed by atoms with Gasteiger partial charge in [-0.25, -0.2) is 9.78 Å². The summed E-state index contributed by atoms with van der Waals surface area (Å²) in [5.41, 5.74) is 2.24. The van der Waals surface area contributed by atoms with Gasteiger partial charge >= 0.3 is 5.97 Å². The van der Waals surface area contributed by atoms with E-state index in [1.165, 1.54) is 0 Å². The Labute approximate surface area is 112 Å². The molecule has 100 valence electrons. The second-order valence-electron chi connectivity index (χ2n) is 4.68. The fourth-order valence-electron chi connectivity index (χ4n) is 2.20. The average Bonchev–Trinajstić information content (AvgIpc) is 2.77. The normalized spacial score (nSPS) is 10.6. The predicted molar refractivity (Wildman–Crippen MR) is 73.5 cm³/mol. The minimum atomic E-state index is -0.886. The lowest BCUT2D eigenvalue weighted by molar-refractivity contribution is 0.0696. The molecule has 0 bridgehead atoms. The molecule has 0 aliphatic carbocycles. The summed E-state index contributed by atoms with van der Waals surface area (Å²) in [5.74, 6) is 0.0264. The molecule has 2 rings (SSSR count). The first-order valence-corrected chi connectivity index (χ1v) is 6.44. The highest BCUT2D eigenvalue weighted by atomic mass is 16.4. The summed E-state index contributed by atoms with van der Waals surface area (Å²) in [6, 6.07) is 5.42. The van der Waals surface area contributed by atoms with Crippen molar-refractivity contribution in [1.82, 2.24) is 9.55 Å². The van der Waals surface area contributed by atoms with E-state index in [0.717, 1.165) is 29.9 Å². The zero-order valence-corrected chi connectivity index (χ0v) is 11.3. The van der Waals surface area contributed by atoms with Crippen LogP contribution < -0.4 is 0 Å². The molecule has 1 aromatic heterocycles. The molecule has 0 aliphatic rings. The Hall–Kier alpha value is -2.10. The second kappa shape index (κ2) is 5.69. The molecular weight excluding hydrogens is 240 g/mol. The molecule has 0 radical (unpaired) electrons. The molecule has 1 N–H and O–H groups in total. The van der Waals surface area contributed by atoms with Gasteiger partial charge in [0.1, 0.15) is 5.82 Å². The van der Waals surface area contributed by atoms with Crippen LogP contribution in [-0.2, 0) is 13.0 Å². The zero-order chi connectivity index (χ0) is 13.8. The Kier molecular flexibility index (Phi) is 4.00. The Balaban J connectivity index is 2.34. The smallest absolute Gasteiger partial charge is 0.335 e. The predicted octanol–water partition coefficient (Wildman–Crippen LogP) is 2.89. The molecule has 0 atom stereocenters. The van der Waals surface area contributed by atoms with Gasteiger partial charge in [-0.3, -0.25) is 0 Å². The summed E-state index contributed by atoms with van der Waals surface area (Å²) in [6.45, 7) is 4.98. The van der Waals surface area contributed by atoms with Gasteiger partial charge in [-0.05, 0) is 25.0 Å². The molecule has 0 amide bonds. The van der Waals surface area contributed by atoms with Crippen molar-refractivity contribution < 1.29 is 9.90 Å². The van der Waals surface area contributed by atoms with Gasteiger partial charge in [-0.1, -0.05) is 24.6 Å². The van der Waals surface area contributed by atoms with E-state index in [0.29, 0.717) is 12.0 Å². The SMILES string of the molecule is CCCn1ccnc1Cc1cc(C)ccc1C(=O)O. The van der Waals surface area contributed by atoms with Crippen molar-refractivity contribution in [2.24, 2.45) is 0 Å². The van der Waals surface area contributed by atoms with Gasteiger partial charge < -0.3 is 9.67 Å². The number of nitrogens with zero attached hydrogens (tertiary/aromatic N) is 2. The summed E-state index contributed by atoms with van der Waals surface area (Å²) in [6.07, 6.45) is 5.29. The first-order chi connectivity index (χ1) is 9.11. The number of aromatic nitrogens is 2. The molecule has 0 saturated carbocycles. The number of hydrogen-bond acceptors (Lipinski definition) is 2. The molecule has 4 heteroatoms. The number of imidazole rings is 1. The maximum atomic E-state index is 11.2. The Bertz CT molecular complexity index is 588. The third kappa shape index (κ3) is 3.02. The second-order valence-corrected chi connectivity index (χ2v) is 4.68. The van der Waals surface area contributed by atoms with E-state index in [2.05, 4.69) is 16.5 Å². The molecule has 0 aliphatic heterocycles. The quantitative estimate of drug-likeness (QED) is 0.897. The van der Waals surface area contributed by atoms with Crippen LogP contribution in [-0.4, -0.2) is 20.6 Å². The standard InChI is InChI=1S/C15H18N2O2/c1-3-7-17-8-6-16-14(17)10-12-9-11(2)4-5-13(12)15(18)19/h4-6,8-9H,3,7,10H2,1-2H3,(H,18,19). The van der Waals surface area contributed by atoms with E-state index >= 15 is 0 Å². The molecule has 0 fully saturated rings. The molecular formula is C15H18N2O2. The summed E-state index contributed by atoms with van der Waals surface area (Å²) < 4.78 is 2.08. The molecule has 19 heavy (non-hydrogen) atoms. The Morgan fingerprint density at radius 1 is 1.42 bits per heavy atom. The van der Waals surface area contributed by atoms with Crippen molar-refractivity contribution in [2.75, 3.05) is 0 Å². The lowest BCUT2D eigenvalue weighted by Gasteiger charge is -2.09. The number of aryl methyl sites for hydroxylation is 2. The summed E-state index contributed by atoms with van der Waals surface area (Å²) in [4.78, 5) is 15.6. The highest BCUT2D eigenvalue weighted by molar-refractivity contribution is 5.89. The maximum absolute atomic E-state index is 11.2. The monoisotopic (exact) mass is 258 g/mol. The van der Waals surface area contributed by atoms with Gasteiger partial charge in [-0.15, -0.1) is 0 Å². The molecule has 0 saturated heterocycles. The number of rotatable bonds is 5. The van der Waals surface area contributed by atoms with Crippen molar-refractivity contribution >= 4 is 5.97 Å². The van der Waals surface area contributed by atoms with Crippen LogP contribution in [0.5, 0.6) is 0 Å². The first kappa shape index (κ1) is 13.3. The number of hydrogen-bond donors (Lipinski definition) is 1. The number of carboxylic acid groups (broad SMARTS) is 1. The minimum absolute atomic E-state index is 0.358. The topological polar surface area (TPSA) is 55.1 Å². The Morgan fingerprint density at radius 2 is 2.21 bits per heavy atom. The highest BCUT2D eigenvalue weighted by Crippen LogP contribution is 2.16. The van der Waals surface area contributed by atoms with Crippen LogP contribution >= 0.6 is 0 Å². The van der Waals surface area contributed by atoms with Crippen LogP contribution in [0.1, 0.15) is 40.7 Å².